The minimum atomic E-state index is -0.559. The molecule has 0 fully saturated rings. The Morgan fingerprint density at radius 1 is 1.29 bits per heavy atom. The van der Waals surface area contributed by atoms with Gasteiger partial charge in [0.05, 0.1) is 5.69 Å². The highest BCUT2D eigenvalue weighted by Crippen LogP contribution is 2.18. The van der Waals surface area contributed by atoms with E-state index in [2.05, 4.69) is 5.16 Å². The van der Waals surface area contributed by atoms with E-state index in [-0.39, 0.29) is 0 Å². The maximum Gasteiger partial charge on any atom is 0.258 e. The number of carbonyl (C=O) groups is 1. The van der Waals surface area contributed by atoms with Crippen LogP contribution in [-0.2, 0) is 0 Å². The van der Waals surface area contributed by atoms with Crippen LogP contribution in [0.3, 0.4) is 0 Å². The van der Waals surface area contributed by atoms with Gasteiger partial charge in [-0.15, -0.1) is 0 Å². The Hall–Kier alpha value is -1.87. The van der Waals surface area contributed by atoms with Crippen molar-refractivity contribution in [3.63, 3.8) is 0 Å². The fourth-order valence-corrected chi connectivity index (χ4v) is 1.71. The van der Waals surface area contributed by atoms with Gasteiger partial charge in [-0.1, -0.05) is 41.6 Å². The minimum absolute atomic E-state index is 0.318. The molecular weight excluding hydrogens is 238 g/mol. The topological polar surface area (TPSA) is 43.1 Å². The van der Waals surface area contributed by atoms with E-state index in [1.165, 1.54) is 0 Å². The molecule has 17 heavy (non-hydrogen) atoms. The molecule has 1 heterocycles. The molecule has 0 amide bonds. The molecule has 4 heteroatoms. The first-order chi connectivity index (χ1) is 8.18. The smallest absolute Gasteiger partial charge is 0.258 e. The molecule has 0 saturated heterocycles. The molecule has 2 rings (SSSR count). The number of carbonyl (C=O) groups excluding carboxylic acids is 1. The number of aryl methyl sites for hydroxylation is 1. The first-order valence-corrected chi connectivity index (χ1v) is 5.45. The average Bonchev–Trinajstić information content (AvgIpc) is 2.69. The van der Waals surface area contributed by atoms with Crippen LogP contribution in [0, 0.1) is 6.92 Å². The second kappa shape index (κ2) is 4.97. The number of hydrogen-bond acceptors (Lipinski definition) is 3. The van der Waals surface area contributed by atoms with Gasteiger partial charge in [-0.3, -0.25) is 4.79 Å². The summed E-state index contributed by atoms with van der Waals surface area (Å²) >= 11 is 5.46. The molecule has 1 aromatic carbocycles. The molecule has 2 aromatic rings. The third kappa shape index (κ3) is 2.63. The SMILES string of the molecule is Cc1noc(C=Cc2ccccc2)c1C(=O)Cl. The summed E-state index contributed by atoms with van der Waals surface area (Å²) in [5.74, 6) is 0.381. The zero-order chi connectivity index (χ0) is 12.3. The number of nitrogens with zero attached hydrogens (tertiary/aromatic N) is 1. The zero-order valence-corrected chi connectivity index (χ0v) is 9.94. The van der Waals surface area contributed by atoms with Crippen molar-refractivity contribution in [2.75, 3.05) is 0 Å². The lowest BCUT2D eigenvalue weighted by molar-refractivity contribution is 0.108. The zero-order valence-electron chi connectivity index (χ0n) is 9.18. The Bertz CT molecular complexity index is 558. The summed E-state index contributed by atoms with van der Waals surface area (Å²) in [5.41, 5.74) is 1.83. The van der Waals surface area contributed by atoms with Crippen LogP contribution in [0.25, 0.3) is 12.2 Å². The van der Waals surface area contributed by atoms with Crippen LogP contribution >= 0.6 is 11.6 Å². The molecule has 0 N–H and O–H groups in total. The second-order valence-corrected chi connectivity index (χ2v) is 3.87. The van der Waals surface area contributed by atoms with E-state index in [1.54, 1.807) is 13.0 Å². The molecule has 3 nitrogen and oxygen atoms in total. The quantitative estimate of drug-likeness (QED) is 0.780. The fourth-order valence-electron chi connectivity index (χ4n) is 1.48. The Morgan fingerprint density at radius 3 is 2.65 bits per heavy atom. The minimum Gasteiger partial charge on any atom is -0.356 e. The summed E-state index contributed by atoms with van der Waals surface area (Å²) in [7, 11) is 0. The van der Waals surface area contributed by atoms with Gasteiger partial charge in [0.15, 0.2) is 5.76 Å². The van der Waals surface area contributed by atoms with Crippen LogP contribution in [0.15, 0.2) is 34.9 Å². The van der Waals surface area contributed by atoms with Gasteiger partial charge in [0.1, 0.15) is 5.56 Å². The van der Waals surface area contributed by atoms with Crippen molar-refractivity contribution in [2.24, 2.45) is 0 Å². The third-order valence-corrected chi connectivity index (χ3v) is 2.50. The molecule has 0 bridgehead atoms. The summed E-state index contributed by atoms with van der Waals surface area (Å²) in [6.45, 7) is 1.68. The van der Waals surface area contributed by atoms with Crippen molar-refractivity contribution in [2.45, 2.75) is 6.92 Å². The van der Waals surface area contributed by atoms with Crippen molar-refractivity contribution >= 4 is 29.0 Å². The standard InChI is InChI=1S/C13H10ClNO2/c1-9-12(13(14)16)11(17-15-9)8-7-10-5-3-2-4-6-10/h2-8H,1H3. The maximum atomic E-state index is 11.2. The third-order valence-electron chi connectivity index (χ3n) is 2.31. The summed E-state index contributed by atoms with van der Waals surface area (Å²) in [5, 5.41) is 3.16. The van der Waals surface area contributed by atoms with E-state index in [0.717, 1.165) is 5.56 Å². The molecule has 0 radical (unpaired) electrons. The monoisotopic (exact) mass is 247 g/mol. The summed E-state index contributed by atoms with van der Waals surface area (Å²) in [4.78, 5) is 11.2. The Balaban J connectivity index is 2.31. The lowest BCUT2D eigenvalue weighted by Gasteiger charge is -1.92. The predicted molar refractivity (Wildman–Crippen MR) is 66.8 cm³/mol. The first kappa shape index (κ1) is 11.6. The Kier molecular flexibility index (Phi) is 3.40. The van der Waals surface area contributed by atoms with Gasteiger partial charge in [0.25, 0.3) is 5.24 Å². The van der Waals surface area contributed by atoms with E-state index in [0.29, 0.717) is 17.0 Å². The normalized spacial score (nSPS) is 10.9. The van der Waals surface area contributed by atoms with Crippen LogP contribution in [0.2, 0.25) is 0 Å². The van der Waals surface area contributed by atoms with Crippen molar-refractivity contribution in [1.29, 1.82) is 0 Å². The Morgan fingerprint density at radius 2 is 2.00 bits per heavy atom. The molecule has 0 atom stereocenters. The largest absolute Gasteiger partial charge is 0.356 e. The molecule has 0 saturated carbocycles. The van der Waals surface area contributed by atoms with Crippen LogP contribution < -0.4 is 0 Å². The maximum absolute atomic E-state index is 11.2. The highest BCUT2D eigenvalue weighted by atomic mass is 35.5. The van der Waals surface area contributed by atoms with E-state index < -0.39 is 5.24 Å². The van der Waals surface area contributed by atoms with Crippen molar-refractivity contribution < 1.29 is 9.32 Å². The van der Waals surface area contributed by atoms with Crippen LogP contribution in [-0.4, -0.2) is 10.4 Å². The van der Waals surface area contributed by atoms with E-state index in [4.69, 9.17) is 16.1 Å². The van der Waals surface area contributed by atoms with Crippen LogP contribution in [0.4, 0.5) is 0 Å². The lowest BCUT2D eigenvalue weighted by atomic mass is 10.1. The van der Waals surface area contributed by atoms with Crippen molar-refractivity contribution in [3.8, 4) is 0 Å². The lowest BCUT2D eigenvalue weighted by Crippen LogP contribution is -1.91. The number of rotatable bonds is 3. The molecule has 0 unspecified atom stereocenters. The van der Waals surface area contributed by atoms with E-state index in [1.807, 2.05) is 36.4 Å². The summed E-state index contributed by atoms with van der Waals surface area (Å²) in [6.07, 6.45) is 3.52. The van der Waals surface area contributed by atoms with Gasteiger partial charge in [-0.25, -0.2) is 0 Å². The summed E-state index contributed by atoms with van der Waals surface area (Å²) < 4.78 is 5.04. The molecule has 0 aliphatic heterocycles. The highest BCUT2D eigenvalue weighted by Gasteiger charge is 2.16. The molecule has 86 valence electrons. The molecular formula is C13H10ClNO2. The van der Waals surface area contributed by atoms with Gasteiger partial charge in [0, 0.05) is 0 Å². The predicted octanol–water partition coefficient (Wildman–Crippen LogP) is 3.53. The van der Waals surface area contributed by atoms with Crippen LogP contribution in [0.1, 0.15) is 27.4 Å². The van der Waals surface area contributed by atoms with Crippen LogP contribution in [0.5, 0.6) is 0 Å². The molecule has 0 aliphatic carbocycles. The average molecular weight is 248 g/mol. The van der Waals surface area contributed by atoms with Crippen molar-refractivity contribution in [3.05, 3.63) is 52.9 Å². The van der Waals surface area contributed by atoms with Gasteiger partial charge in [-0.05, 0) is 30.2 Å². The fraction of sp³-hybridized carbons (Fsp3) is 0.0769. The number of halogens is 1. The van der Waals surface area contributed by atoms with Gasteiger partial charge < -0.3 is 4.52 Å². The van der Waals surface area contributed by atoms with Gasteiger partial charge in [0.2, 0.25) is 0 Å². The number of hydrogen-bond donors (Lipinski definition) is 0. The summed E-state index contributed by atoms with van der Waals surface area (Å²) in [6, 6.07) is 9.69. The van der Waals surface area contributed by atoms with E-state index >= 15 is 0 Å². The number of benzene rings is 1. The van der Waals surface area contributed by atoms with E-state index in [9.17, 15) is 4.79 Å². The second-order valence-electron chi connectivity index (χ2n) is 3.52. The molecule has 1 aromatic heterocycles. The van der Waals surface area contributed by atoms with Crippen molar-refractivity contribution in [1.82, 2.24) is 5.16 Å². The Labute approximate surface area is 104 Å². The van der Waals surface area contributed by atoms with Gasteiger partial charge in [-0.2, -0.15) is 0 Å². The molecule has 0 aliphatic rings. The molecule has 0 spiro atoms. The number of aromatic nitrogens is 1. The highest BCUT2D eigenvalue weighted by molar-refractivity contribution is 6.68. The van der Waals surface area contributed by atoms with Gasteiger partial charge >= 0.3 is 0 Å². The first-order valence-electron chi connectivity index (χ1n) is 5.07.